The van der Waals surface area contributed by atoms with E-state index in [0.29, 0.717) is 49.0 Å². The van der Waals surface area contributed by atoms with Crippen molar-refractivity contribution in [1.82, 2.24) is 25.0 Å². The number of carbonyl (C=O) groups is 2. The monoisotopic (exact) mass is 484 g/mol. The van der Waals surface area contributed by atoms with Gasteiger partial charge in [-0.1, -0.05) is 12.1 Å². The third-order valence-electron chi connectivity index (χ3n) is 7.24. The van der Waals surface area contributed by atoms with Crippen LogP contribution >= 0.6 is 0 Å². The standard InChI is InChI=1S/C26H21FN6O3/c27-13-5-6-33-21(10-28-23(33)7-13)15-1-3-19(24-16(15)8-29-26(24)35)31-22-4-2-14-17-11-36-12-18(17)25(34)30-9-20(14)32-22/h1-7,10,17-18H,8-9,11-12H2,(H,29,35)(H,30,34)(H,31,32). The number of carbonyl (C=O) groups excluding carboxylic acids is 2. The van der Waals surface area contributed by atoms with Crippen molar-refractivity contribution in [2.45, 2.75) is 19.0 Å². The van der Waals surface area contributed by atoms with E-state index in [2.05, 4.69) is 20.9 Å². The van der Waals surface area contributed by atoms with Crippen LogP contribution in [0.3, 0.4) is 0 Å². The van der Waals surface area contributed by atoms with E-state index in [-0.39, 0.29) is 29.5 Å². The van der Waals surface area contributed by atoms with Crippen molar-refractivity contribution in [2.75, 3.05) is 18.5 Å². The van der Waals surface area contributed by atoms with Gasteiger partial charge >= 0.3 is 0 Å². The average molecular weight is 484 g/mol. The number of anilines is 2. The van der Waals surface area contributed by atoms with Crippen molar-refractivity contribution >= 4 is 29.0 Å². The first-order chi connectivity index (χ1) is 17.6. The van der Waals surface area contributed by atoms with Crippen molar-refractivity contribution in [3.05, 3.63) is 77.0 Å². The van der Waals surface area contributed by atoms with Gasteiger partial charge in [0.15, 0.2) is 0 Å². The molecule has 6 heterocycles. The normalized spacial score (nSPS) is 20.4. The van der Waals surface area contributed by atoms with Crippen LogP contribution in [-0.4, -0.2) is 39.4 Å². The van der Waals surface area contributed by atoms with Crippen molar-refractivity contribution in [3.63, 3.8) is 0 Å². The van der Waals surface area contributed by atoms with Crippen molar-refractivity contribution in [3.8, 4) is 11.3 Å². The highest BCUT2D eigenvalue weighted by Crippen LogP contribution is 2.37. The molecular weight excluding hydrogens is 463 g/mol. The van der Waals surface area contributed by atoms with Crippen LogP contribution in [0.5, 0.6) is 0 Å². The predicted molar refractivity (Wildman–Crippen MR) is 128 cm³/mol. The van der Waals surface area contributed by atoms with E-state index >= 15 is 0 Å². The second-order valence-corrected chi connectivity index (χ2v) is 9.24. The molecule has 0 bridgehead atoms. The molecule has 9 nitrogen and oxygen atoms in total. The van der Waals surface area contributed by atoms with E-state index in [4.69, 9.17) is 9.72 Å². The summed E-state index contributed by atoms with van der Waals surface area (Å²) in [7, 11) is 0. The lowest BCUT2D eigenvalue weighted by Gasteiger charge is -2.16. The molecule has 7 rings (SSSR count). The Morgan fingerprint density at radius 1 is 1.06 bits per heavy atom. The van der Waals surface area contributed by atoms with Crippen molar-refractivity contribution < 1.29 is 18.7 Å². The fourth-order valence-corrected chi connectivity index (χ4v) is 5.47. The van der Waals surface area contributed by atoms with Gasteiger partial charge in [0.1, 0.15) is 17.3 Å². The van der Waals surface area contributed by atoms with E-state index < -0.39 is 0 Å². The van der Waals surface area contributed by atoms with Gasteiger partial charge in [-0.05, 0) is 29.3 Å². The first-order valence-electron chi connectivity index (χ1n) is 11.8. The molecule has 0 spiro atoms. The van der Waals surface area contributed by atoms with E-state index in [1.165, 1.54) is 12.1 Å². The summed E-state index contributed by atoms with van der Waals surface area (Å²) in [6, 6.07) is 10.4. The number of ether oxygens (including phenoxy) is 1. The number of aromatic nitrogens is 3. The zero-order valence-corrected chi connectivity index (χ0v) is 19.0. The van der Waals surface area contributed by atoms with E-state index in [1.807, 2.05) is 24.3 Å². The van der Waals surface area contributed by atoms with Crippen LogP contribution in [-0.2, 0) is 22.6 Å². The lowest BCUT2D eigenvalue weighted by atomic mass is 9.88. The molecule has 1 aromatic carbocycles. The van der Waals surface area contributed by atoms with Crippen LogP contribution < -0.4 is 16.0 Å². The number of rotatable bonds is 3. The third kappa shape index (κ3) is 3.18. The molecule has 180 valence electrons. The highest BCUT2D eigenvalue weighted by Gasteiger charge is 2.38. The molecule has 2 unspecified atom stereocenters. The Morgan fingerprint density at radius 3 is 2.86 bits per heavy atom. The van der Waals surface area contributed by atoms with Crippen LogP contribution in [0.4, 0.5) is 15.9 Å². The number of nitrogens with zero attached hydrogens (tertiary/aromatic N) is 3. The first-order valence-corrected chi connectivity index (χ1v) is 11.8. The molecule has 3 aliphatic rings. The molecule has 4 aromatic rings. The molecule has 3 aliphatic heterocycles. The lowest BCUT2D eigenvalue weighted by Crippen LogP contribution is -2.30. The molecular formula is C26H21FN6O3. The van der Waals surface area contributed by atoms with Crippen LogP contribution in [0.15, 0.2) is 48.8 Å². The minimum Gasteiger partial charge on any atom is -0.380 e. The maximum Gasteiger partial charge on any atom is 0.254 e. The van der Waals surface area contributed by atoms with Gasteiger partial charge in [-0.2, -0.15) is 0 Å². The summed E-state index contributed by atoms with van der Waals surface area (Å²) >= 11 is 0. The van der Waals surface area contributed by atoms with Crippen LogP contribution in [0.1, 0.15) is 33.1 Å². The van der Waals surface area contributed by atoms with Crippen LogP contribution in [0.2, 0.25) is 0 Å². The third-order valence-corrected chi connectivity index (χ3v) is 7.24. The Labute approximate surface area is 204 Å². The van der Waals surface area contributed by atoms with Gasteiger partial charge in [0.05, 0.1) is 54.5 Å². The number of nitrogens with one attached hydrogen (secondary N) is 3. The topological polar surface area (TPSA) is 110 Å². The molecule has 36 heavy (non-hydrogen) atoms. The molecule has 1 fully saturated rings. The number of hydrogen-bond donors (Lipinski definition) is 3. The van der Waals surface area contributed by atoms with Crippen LogP contribution in [0, 0.1) is 11.7 Å². The number of imidazole rings is 1. The van der Waals surface area contributed by atoms with Gasteiger partial charge in [0, 0.05) is 30.3 Å². The van der Waals surface area contributed by atoms with Crippen molar-refractivity contribution in [1.29, 1.82) is 0 Å². The molecule has 0 saturated carbocycles. The summed E-state index contributed by atoms with van der Waals surface area (Å²) in [5, 5.41) is 9.16. The number of halogens is 1. The predicted octanol–water partition coefficient (Wildman–Crippen LogP) is 2.88. The smallest absolute Gasteiger partial charge is 0.254 e. The highest BCUT2D eigenvalue weighted by atomic mass is 19.1. The Kier molecular flexibility index (Phi) is 4.58. The molecule has 3 aromatic heterocycles. The van der Waals surface area contributed by atoms with Gasteiger partial charge in [-0.25, -0.2) is 14.4 Å². The van der Waals surface area contributed by atoms with Gasteiger partial charge in [-0.3, -0.25) is 14.0 Å². The van der Waals surface area contributed by atoms with Crippen LogP contribution in [0.25, 0.3) is 16.9 Å². The second kappa shape index (κ2) is 7.85. The summed E-state index contributed by atoms with van der Waals surface area (Å²) in [4.78, 5) is 34.4. The Morgan fingerprint density at radius 2 is 1.94 bits per heavy atom. The number of pyridine rings is 2. The molecule has 0 radical (unpaired) electrons. The fourth-order valence-electron chi connectivity index (χ4n) is 5.47. The lowest BCUT2D eigenvalue weighted by molar-refractivity contribution is -0.125. The maximum atomic E-state index is 13.6. The van der Waals surface area contributed by atoms with E-state index in [1.54, 1.807) is 16.8 Å². The summed E-state index contributed by atoms with van der Waals surface area (Å²) in [5.41, 5.74) is 5.94. The molecule has 10 heteroatoms. The number of amides is 2. The number of hydrogen-bond acceptors (Lipinski definition) is 6. The highest BCUT2D eigenvalue weighted by molar-refractivity contribution is 6.06. The number of benzene rings is 1. The Balaban J connectivity index is 1.26. The van der Waals surface area contributed by atoms with Crippen molar-refractivity contribution in [2.24, 2.45) is 5.92 Å². The van der Waals surface area contributed by atoms with Gasteiger partial charge < -0.3 is 20.7 Å². The van der Waals surface area contributed by atoms with Gasteiger partial charge in [0.2, 0.25) is 5.91 Å². The van der Waals surface area contributed by atoms with Gasteiger partial charge in [0.25, 0.3) is 5.91 Å². The molecule has 0 aliphatic carbocycles. The van der Waals surface area contributed by atoms with E-state index in [9.17, 15) is 14.0 Å². The fraction of sp³-hybridized carbons (Fsp3) is 0.231. The summed E-state index contributed by atoms with van der Waals surface area (Å²) in [5.74, 6) is -0.155. The Bertz CT molecular complexity index is 1580. The minimum atomic E-state index is -0.356. The summed E-state index contributed by atoms with van der Waals surface area (Å²) in [6.07, 6.45) is 3.32. The SMILES string of the molecule is O=C1NCc2c(-c3cnc4cc(F)ccn34)ccc(Nc3ccc4c(n3)CNC(=O)C3COCC43)c21. The average Bonchev–Trinajstić information content (AvgIpc) is 3.60. The first kappa shape index (κ1) is 21.0. The zero-order valence-electron chi connectivity index (χ0n) is 19.0. The Hall–Kier alpha value is -4.31. The molecule has 1 saturated heterocycles. The van der Waals surface area contributed by atoms with E-state index in [0.717, 1.165) is 28.1 Å². The quantitative estimate of drug-likeness (QED) is 0.413. The number of fused-ring (bicyclic) bond motifs is 5. The minimum absolute atomic E-state index is 0.00249. The zero-order chi connectivity index (χ0) is 24.4. The second-order valence-electron chi connectivity index (χ2n) is 9.24. The largest absolute Gasteiger partial charge is 0.380 e. The summed E-state index contributed by atoms with van der Waals surface area (Å²) < 4.78 is 21.0. The molecule has 2 atom stereocenters. The van der Waals surface area contributed by atoms with Gasteiger partial charge in [-0.15, -0.1) is 0 Å². The molecule has 3 N–H and O–H groups in total. The maximum absolute atomic E-state index is 13.6. The summed E-state index contributed by atoms with van der Waals surface area (Å²) in [6.45, 7) is 1.65. The molecule has 2 amide bonds.